The van der Waals surface area contributed by atoms with E-state index in [1.807, 2.05) is 48.5 Å². The van der Waals surface area contributed by atoms with E-state index in [0.29, 0.717) is 34.4 Å². The molecule has 45 heavy (non-hydrogen) atoms. The Hall–Kier alpha value is -4.77. The third-order valence-corrected chi connectivity index (χ3v) is 8.39. The van der Waals surface area contributed by atoms with Crippen molar-refractivity contribution in [2.75, 3.05) is 45.7 Å². The molecule has 3 heterocycles. The molecular formula is C35H37N7O3. The number of amides is 1. The van der Waals surface area contributed by atoms with Gasteiger partial charge < -0.3 is 15.0 Å². The van der Waals surface area contributed by atoms with E-state index in [2.05, 4.69) is 39.8 Å². The van der Waals surface area contributed by atoms with Gasteiger partial charge in [-0.05, 0) is 55.4 Å². The predicted octanol–water partition coefficient (Wildman–Crippen LogP) is 4.16. The molecule has 0 spiro atoms. The van der Waals surface area contributed by atoms with Crippen LogP contribution in [0.4, 0.5) is 11.6 Å². The number of anilines is 1. The highest BCUT2D eigenvalue weighted by atomic mass is 16.5. The second-order valence-corrected chi connectivity index (χ2v) is 11.4. The number of ether oxygens (including phenoxy) is 1. The quantitative estimate of drug-likeness (QED) is 0.302. The minimum absolute atomic E-state index is 0.209. The van der Waals surface area contributed by atoms with Crippen molar-refractivity contribution in [2.45, 2.75) is 25.0 Å². The van der Waals surface area contributed by atoms with Gasteiger partial charge >= 0.3 is 0 Å². The maximum absolute atomic E-state index is 14.1. The molecule has 2 aliphatic rings. The Morgan fingerprint density at radius 3 is 2.67 bits per heavy atom. The van der Waals surface area contributed by atoms with Crippen molar-refractivity contribution in [2.24, 2.45) is 4.99 Å². The van der Waals surface area contributed by atoms with Crippen LogP contribution in [-0.2, 0) is 16.0 Å². The number of hydrogen-bond donors (Lipinski definition) is 1. The normalized spacial score (nSPS) is 20.0. The largest absolute Gasteiger partial charge is 0.375 e. The first-order chi connectivity index (χ1) is 21.9. The van der Waals surface area contributed by atoms with E-state index in [0.717, 1.165) is 43.9 Å². The molecule has 1 aliphatic heterocycles. The Morgan fingerprint density at radius 1 is 1.11 bits per heavy atom. The van der Waals surface area contributed by atoms with Gasteiger partial charge in [-0.3, -0.25) is 19.1 Å². The number of piperazine rings is 1. The molecule has 1 amide bonds. The lowest BCUT2D eigenvalue weighted by Gasteiger charge is -2.39. The van der Waals surface area contributed by atoms with Gasteiger partial charge in [0.2, 0.25) is 5.91 Å². The van der Waals surface area contributed by atoms with Crippen molar-refractivity contribution < 1.29 is 9.53 Å². The average Bonchev–Trinajstić information content (AvgIpc) is 3.06. The van der Waals surface area contributed by atoms with Crippen LogP contribution in [0.15, 0.2) is 101 Å². The van der Waals surface area contributed by atoms with E-state index in [-0.39, 0.29) is 29.6 Å². The fourth-order valence-corrected chi connectivity index (χ4v) is 5.90. The lowest BCUT2D eigenvalue weighted by molar-refractivity contribution is -0.111. The molecule has 1 aliphatic carbocycles. The van der Waals surface area contributed by atoms with Gasteiger partial charge in [-0.25, -0.2) is 9.98 Å². The summed E-state index contributed by atoms with van der Waals surface area (Å²) in [5.41, 5.74) is 3.65. The number of pyridine rings is 1. The molecule has 1 N–H and O–H groups in total. The van der Waals surface area contributed by atoms with Crippen molar-refractivity contribution in [3.05, 3.63) is 113 Å². The van der Waals surface area contributed by atoms with E-state index in [9.17, 15) is 9.59 Å². The zero-order chi connectivity index (χ0) is 31.3. The van der Waals surface area contributed by atoms with Crippen LogP contribution in [0.3, 0.4) is 0 Å². The molecule has 2 atom stereocenters. The highest BCUT2D eigenvalue weighted by Gasteiger charge is 2.29. The molecule has 2 aromatic carbocycles. The molecule has 0 radical (unpaired) electrons. The van der Waals surface area contributed by atoms with Crippen LogP contribution in [0.1, 0.15) is 17.5 Å². The minimum atomic E-state index is -0.342. The average molecular weight is 604 g/mol. The maximum atomic E-state index is 14.1. The number of nitrogens with one attached hydrogen (secondary N) is 1. The molecule has 0 bridgehead atoms. The van der Waals surface area contributed by atoms with Crippen LogP contribution in [-0.4, -0.2) is 88.4 Å². The zero-order valence-electron chi connectivity index (χ0n) is 25.6. The van der Waals surface area contributed by atoms with Crippen LogP contribution >= 0.6 is 0 Å². The predicted molar refractivity (Wildman–Crippen MR) is 178 cm³/mol. The van der Waals surface area contributed by atoms with Crippen molar-refractivity contribution in [1.29, 1.82) is 0 Å². The fraction of sp³-hybridized carbons (Fsp3) is 0.286. The summed E-state index contributed by atoms with van der Waals surface area (Å²) in [5.74, 6) is -0.104. The topological polar surface area (TPSA) is 105 Å². The lowest BCUT2D eigenvalue weighted by Crippen LogP contribution is -2.50. The molecule has 1 fully saturated rings. The third kappa shape index (κ3) is 6.83. The number of likely N-dealkylation sites (N-methyl/N-ethyl adjacent to an activating group) is 1. The molecular weight excluding hydrogens is 566 g/mol. The molecule has 2 unspecified atom stereocenters. The van der Waals surface area contributed by atoms with Crippen LogP contribution < -0.4 is 10.9 Å². The summed E-state index contributed by atoms with van der Waals surface area (Å²) in [7, 11) is 3.85. The van der Waals surface area contributed by atoms with Gasteiger partial charge in [0.15, 0.2) is 5.65 Å². The molecule has 0 saturated carbocycles. The van der Waals surface area contributed by atoms with Gasteiger partial charge in [0, 0.05) is 68.6 Å². The third-order valence-electron chi connectivity index (χ3n) is 8.39. The van der Waals surface area contributed by atoms with E-state index >= 15 is 0 Å². The van der Waals surface area contributed by atoms with Crippen LogP contribution in [0, 0.1) is 0 Å². The van der Waals surface area contributed by atoms with Crippen molar-refractivity contribution in [1.82, 2.24) is 24.3 Å². The number of carbonyl (C=O) groups excluding carboxylic acids is 1. The van der Waals surface area contributed by atoms with Gasteiger partial charge in [-0.2, -0.15) is 4.98 Å². The number of fused-ring (bicyclic) bond motifs is 1. The standard InChI is InChI=1S/C35H37N7O3/c1-4-32(43)37-27-11-8-12-29(21-27)42-33-26(20-25(34(42)44)19-24-9-6-5-7-10-24)23-36-35(39-33)38-30-14-13-28(22-31(30)45-3)41-17-15-40(2)16-18-41/h4-14,20-21,23,28,31H,1,15-19,22H2,2-3H3,(H,37,43). The molecule has 4 aromatic rings. The molecule has 6 rings (SSSR count). The van der Waals surface area contributed by atoms with E-state index in [1.54, 1.807) is 36.1 Å². The van der Waals surface area contributed by atoms with E-state index < -0.39 is 0 Å². The number of aromatic nitrogens is 3. The number of nitrogens with zero attached hydrogens (tertiary/aromatic N) is 6. The Morgan fingerprint density at radius 2 is 1.91 bits per heavy atom. The summed E-state index contributed by atoms with van der Waals surface area (Å²) < 4.78 is 7.44. The van der Waals surface area contributed by atoms with Crippen molar-refractivity contribution in [3.8, 4) is 5.69 Å². The van der Waals surface area contributed by atoms with E-state index in [1.165, 1.54) is 6.08 Å². The fourth-order valence-electron chi connectivity index (χ4n) is 5.90. The van der Waals surface area contributed by atoms with Crippen LogP contribution in [0.25, 0.3) is 16.7 Å². The minimum Gasteiger partial charge on any atom is -0.375 e. The zero-order valence-corrected chi connectivity index (χ0v) is 25.6. The second-order valence-electron chi connectivity index (χ2n) is 11.4. The van der Waals surface area contributed by atoms with Crippen LogP contribution in [0.5, 0.6) is 0 Å². The highest BCUT2D eigenvalue weighted by Crippen LogP contribution is 2.24. The number of hydrogen-bond acceptors (Lipinski definition) is 8. The number of methoxy groups -OCH3 is 1. The first-order valence-electron chi connectivity index (χ1n) is 15.1. The van der Waals surface area contributed by atoms with E-state index in [4.69, 9.17) is 14.7 Å². The van der Waals surface area contributed by atoms with Crippen molar-refractivity contribution in [3.63, 3.8) is 0 Å². The maximum Gasteiger partial charge on any atom is 0.260 e. The second kappa shape index (κ2) is 13.5. The number of rotatable bonds is 8. The summed E-state index contributed by atoms with van der Waals surface area (Å²) in [6.45, 7) is 7.66. The molecule has 2 aromatic heterocycles. The summed E-state index contributed by atoms with van der Waals surface area (Å²) in [6.07, 6.45) is 8.14. The molecule has 230 valence electrons. The van der Waals surface area contributed by atoms with Gasteiger partial charge in [0.25, 0.3) is 11.5 Å². The lowest BCUT2D eigenvalue weighted by atomic mass is 9.96. The Bertz CT molecular complexity index is 1820. The van der Waals surface area contributed by atoms with Crippen molar-refractivity contribution >= 4 is 34.3 Å². The first-order valence-corrected chi connectivity index (χ1v) is 15.1. The monoisotopic (exact) mass is 603 g/mol. The number of aliphatic imine (C=N–C) groups is 1. The van der Waals surface area contributed by atoms with Gasteiger partial charge in [-0.15, -0.1) is 0 Å². The number of carbonyl (C=O) groups is 1. The number of benzene rings is 2. The highest BCUT2D eigenvalue weighted by molar-refractivity contribution is 6.01. The summed E-state index contributed by atoms with van der Waals surface area (Å²) in [4.78, 5) is 45.2. The Kier molecular flexibility index (Phi) is 9.06. The van der Waals surface area contributed by atoms with Crippen LogP contribution in [0.2, 0.25) is 0 Å². The summed E-state index contributed by atoms with van der Waals surface area (Å²) in [5, 5.41) is 3.47. The Labute approximate surface area is 262 Å². The molecule has 10 nitrogen and oxygen atoms in total. The van der Waals surface area contributed by atoms with Gasteiger partial charge in [-0.1, -0.05) is 49.1 Å². The Balaban J connectivity index is 1.41. The SMILES string of the molecule is C=CC(=O)Nc1cccc(-n2c(=O)c(Cc3ccccc3)cc3cnc(N=C4C=CC(N5CCN(C)CC5)CC4OC)nc32)c1. The van der Waals surface area contributed by atoms with Gasteiger partial charge in [0.05, 0.1) is 11.4 Å². The molecule has 10 heteroatoms. The summed E-state index contributed by atoms with van der Waals surface area (Å²) >= 11 is 0. The summed E-state index contributed by atoms with van der Waals surface area (Å²) in [6, 6.07) is 19.1. The molecule has 1 saturated heterocycles. The smallest absolute Gasteiger partial charge is 0.260 e. The van der Waals surface area contributed by atoms with Gasteiger partial charge in [0.1, 0.15) is 6.10 Å². The first kappa shape index (κ1) is 30.3.